The first kappa shape index (κ1) is 12.5. The van der Waals surface area contributed by atoms with Crippen LogP contribution in [0.5, 0.6) is 0 Å². The van der Waals surface area contributed by atoms with Crippen LogP contribution in [0.15, 0.2) is 42.7 Å². The van der Waals surface area contributed by atoms with E-state index in [9.17, 15) is 0 Å². The van der Waals surface area contributed by atoms with Crippen molar-refractivity contribution in [1.82, 2.24) is 10.4 Å². The minimum atomic E-state index is 0.0390. The molecule has 1 atom stereocenters. The summed E-state index contributed by atoms with van der Waals surface area (Å²) >= 11 is 0. The molecule has 0 aliphatic heterocycles. The summed E-state index contributed by atoms with van der Waals surface area (Å²) in [6.45, 7) is 2.06. The zero-order valence-corrected chi connectivity index (χ0v) is 10.4. The number of benzene rings is 1. The molecule has 4 nitrogen and oxygen atoms in total. The van der Waals surface area contributed by atoms with Crippen LogP contribution in [0.3, 0.4) is 0 Å². The summed E-state index contributed by atoms with van der Waals surface area (Å²) in [4.78, 5) is 4.09. The molecule has 1 aromatic carbocycles. The van der Waals surface area contributed by atoms with Crippen LogP contribution in [0.2, 0.25) is 0 Å². The van der Waals surface area contributed by atoms with Crippen LogP contribution in [-0.2, 0) is 6.42 Å². The van der Waals surface area contributed by atoms with Gasteiger partial charge in [-0.25, -0.2) is 0 Å². The molecule has 1 unspecified atom stereocenters. The molecule has 0 amide bonds. The summed E-state index contributed by atoms with van der Waals surface area (Å²) in [5, 5.41) is 0. The van der Waals surface area contributed by atoms with E-state index < -0.39 is 0 Å². The number of pyridine rings is 1. The average molecular weight is 242 g/mol. The number of nitrogens with zero attached hydrogens (tertiary/aromatic N) is 1. The molecule has 0 spiro atoms. The molecule has 0 aliphatic carbocycles. The van der Waals surface area contributed by atoms with Crippen molar-refractivity contribution in [1.29, 1.82) is 0 Å². The van der Waals surface area contributed by atoms with Gasteiger partial charge in [0.15, 0.2) is 0 Å². The Bertz CT molecular complexity index is 507. The van der Waals surface area contributed by atoms with E-state index in [1.165, 1.54) is 5.56 Å². The lowest BCUT2D eigenvalue weighted by Crippen LogP contribution is -2.29. The number of anilines is 1. The van der Waals surface area contributed by atoms with E-state index >= 15 is 0 Å². The molecule has 2 aromatic rings. The third-order valence-corrected chi connectivity index (χ3v) is 3.05. The number of nitrogen functional groups attached to an aromatic ring is 1. The Morgan fingerprint density at radius 1 is 1.22 bits per heavy atom. The number of hydrazine groups is 1. The van der Waals surface area contributed by atoms with Gasteiger partial charge in [0.25, 0.3) is 0 Å². The summed E-state index contributed by atoms with van der Waals surface area (Å²) < 4.78 is 0. The van der Waals surface area contributed by atoms with Gasteiger partial charge in [0.2, 0.25) is 0 Å². The smallest absolute Gasteiger partial charge is 0.0501 e. The van der Waals surface area contributed by atoms with Gasteiger partial charge in [0, 0.05) is 18.1 Å². The van der Waals surface area contributed by atoms with Gasteiger partial charge in [-0.15, -0.1) is 0 Å². The van der Waals surface area contributed by atoms with Gasteiger partial charge in [0.1, 0.15) is 0 Å². The third kappa shape index (κ3) is 2.85. The maximum absolute atomic E-state index is 5.92. The van der Waals surface area contributed by atoms with Crippen molar-refractivity contribution in [3.8, 4) is 0 Å². The molecule has 2 rings (SSSR count). The molecule has 1 heterocycles. The standard InChI is InChI=1S/C14H18N4/c1-10-2-4-11(5-3-10)14(18-16)8-12-9-17-7-6-13(12)15/h2-7,9,14,18H,8,16H2,1H3,(H2,15,17). The molecule has 0 radical (unpaired) electrons. The first-order valence-electron chi connectivity index (χ1n) is 5.91. The molecule has 0 saturated heterocycles. The van der Waals surface area contributed by atoms with Gasteiger partial charge in [-0.05, 0) is 30.5 Å². The van der Waals surface area contributed by atoms with Crippen LogP contribution in [0, 0.1) is 6.92 Å². The average Bonchev–Trinajstić information content (AvgIpc) is 2.39. The van der Waals surface area contributed by atoms with E-state index in [1.54, 1.807) is 18.5 Å². The molecule has 0 fully saturated rings. The number of hydrogen-bond donors (Lipinski definition) is 3. The van der Waals surface area contributed by atoms with Crippen LogP contribution in [-0.4, -0.2) is 4.98 Å². The van der Waals surface area contributed by atoms with Crippen molar-refractivity contribution in [3.05, 3.63) is 59.4 Å². The molecular weight excluding hydrogens is 224 g/mol. The van der Waals surface area contributed by atoms with Gasteiger partial charge >= 0.3 is 0 Å². The molecule has 1 aromatic heterocycles. The molecule has 4 heteroatoms. The van der Waals surface area contributed by atoms with Gasteiger partial charge in [-0.3, -0.25) is 16.3 Å². The van der Waals surface area contributed by atoms with Crippen LogP contribution >= 0.6 is 0 Å². The topological polar surface area (TPSA) is 77.0 Å². The Morgan fingerprint density at radius 3 is 2.56 bits per heavy atom. The van der Waals surface area contributed by atoms with E-state index in [0.717, 1.165) is 23.2 Å². The first-order chi connectivity index (χ1) is 8.70. The van der Waals surface area contributed by atoms with Gasteiger partial charge < -0.3 is 5.73 Å². The fraction of sp³-hybridized carbons (Fsp3) is 0.214. The number of aromatic nitrogens is 1. The number of hydrogen-bond acceptors (Lipinski definition) is 4. The van der Waals surface area contributed by atoms with E-state index in [4.69, 9.17) is 11.6 Å². The highest BCUT2D eigenvalue weighted by Gasteiger charge is 2.12. The number of nitrogens with one attached hydrogen (secondary N) is 1. The molecular formula is C14H18N4. The molecule has 0 bridgehead atoms. The quantitative estimate of drug-likeness (QED) is 0.563. The van der Waals surface area contributed by atoms with Crippen molar-refractivity contribution >= 4 is 5.69 Å². The minimum Gasteiger partial charge on any atom is -0.398 e. The SMILES string of the molecule is Cc1ccc(C(Cc2cnccc2N)NN)cc1. The monoisotopic (exact) mass is 242 g/mol. The predicted molar refractivity (Wildman–Crippen MR) is 73.6 cm³/mol. The predicted octanol–water partition coefficient (Wildman–Crippen LogP) is 1.72. The Morgan fingerprint density at radius 2 is 1.94 bits per heavy atom. The Balaban J connectivity index is 2.20. The van der Waals surface area contributed by atoms with Crippen molar-refractivity contribution in [2.75, 3.05) is 5.73 Å². The Labute approximate surface area is 107 Å². The molecule has 94 valence electrons. The summed E-state index contributed by atoms with van der Waals surface area (Å²) in [6, 6.07) is 10.1. The van der Waals surface area contributed by atoms with Crippen LogP contribution < -0.4 is 17.0 Å². The lowest BCUT2D eigenvalue weighted by molar-refractivity contribution is 0.552. The summed E-state index contributed by atoms with van der Waals surface area (Å²) in [7, 11) is 0. The highest BCUT2D eigenvalue weighted by molar-refractivity contribution is 5.45. The summed E-state index contributed by atoms with van der Waals surface area (Å²) in [5.41, 5.74) is 12.9. The zero-order chi connectivity index (χ0) is 13.0. The van der Waals surface area contributed by atoms with Crippen LogP contribution in [0.1, 0.15) is 22.7 Å². The van der Waals surface area contributed by atoms with Crippen molar-refractivity contribution in [3.63, 3.8) is 0 Å². The van der Waals surface area contributed by atoms with Crippen LogP contribution in [0.4, 0.5) is 5.69 Å². The second-order valence-corrected chi connectivity index (χ2v) is 4.41. The third-order valence-electron chi connectivity index (χ3n) is 3.05. The van der Waals surface area contributed by atoms with E-state index in [-0.39, 0.29) is 6.04 Å². The van der Waals surface area contributed by atoms with E-state index in [0.29, 0.717) is 0 Å². The first-order valence-corrected chi connectivity index (χ1v) is 5.91. The number of aryl methyl sites for hydroxylation is 1. The Kier molecular flexibility index (Phi) is 3.92. The second kappa shape index (κ2) is 5.62. The lowest BCUT2D eigenvalue weighted by Gasteiger charge is -2.17. The number of rotatable bonds is 4. The zero-order valence-electron chi connectivity index (χ0n) is 10.4. The maximum Gasteiger partial charge on any atom is 0.0501 e. The van der Waals surface area contributed by atoms with Crippen molar-refractivity contribution in [2.45, 2.75) is 19.4 Å². The Hall–Kier alpha value is -1.91. The normalized spacial score (nSPS) is 12.3. The van der Waals surface area contributed by atoms with Gasteiger partial charge in [-0.2, -0.15) is 0 Å². The number of nitrogens with two attached hydrogens (primary N) is 2. The van der Waals surface area contributed by atoms with Crippen LogP contribution in [0.25, 0.3) is 0 Å². The van der Waals surface area contributed by atoms with E-state index in [1.807, 2.05) is 0 Å². The maximum atomic E-state index is 5.92. The largest absolute Gasteiger partial charge is 0.398 e. The molecule has 0 aliphatic rings. The fourth-order valence-corrected chi connectivity index (χ4v) is 1.90. The lowest BCUT2D eigenvalue weighted by atomic mass is 9.99. The summed E-state index contributed by atoms with van der Waals surface area (Å²) in [5.74, 6) is 5.63. The summed E-state index contributed by atoms with van der Waals surface area (Å²) in [6.07, 6.45) is 4.20. The second-order valence-electron chi connectivity index (χ2n) is 4.41. The fourth-order valence-electron chi connectivity index (χ4n) is 1.90. The molecule has 18 heavy (non-hydrogen) atoms. The highest BCUT2D eigenvalue weighted by atomic mass is 15.2. The molecule has 5 N–H and O–H groups in total. The van der Waals surface area contributed by atoms with Crippen molar-refractivity contribution < 1.29 is 0 Å². The molecule has 0 saturated carbocycles. The van der Waals surface area contributed by atoms with Gasteiger partial charge in [0.05, 0.1) is 6.04 Å². The van der Waals surface area contributed by atoms with Crippen molar-refractivity contribution in [2.24, 2.45) is 5.84 Å². The highest BCUT2D eigenvalue weighted by Crippen LogP contribution is 2.20. The minimum absolute atomic E-state index is 0.0390. The van der Waals surface area contributed by atoms with Gasteiger partial charge in [-0.1, -0.05) is 29.8 Å². The van der Waals surface area contributed by atoms with E-state index in [2.05, 4.69) is 41.6 Å².